The van der Waals surface area contributed by atoms with Gasteiger partial charge in [-0.05, 0) is 24.7 Å². The van der Waals surface area contributed by atoms with E-state index >= 15 is 0 Å². The van der Waals surface area contributed by atoms with Crippen LogP contribution in [0.1, 0.15) is 39.0 Å². The Hall–Kier alpha value is -1.37. The lowest BCUT2D eigenvalue weighted by atomic mass is 9.63. The molecule has 0 saturated heterocycles. The van der Waals surface area contributed by atoms with Gasteiger partial charge in [0.1, 0.15) is 5.41 Å². The molecule has 1 aliphatic rings. The van der Waals surface area contributed by atoms with Gasteiger partial charge in [0, 0.05) is 19.3 Å². The SMILES string of the molecule is CC(CC(F)(F)F)C(C#N)(C#N)C1CCC(F)(F)CC1. The summed E-state index contributed by atoms with van der Waals surface area (Å²) in [6.45, 7) is 1.19. The molecular weight excluding hydrogens is 279 g/mol. The molecule has 1 saturated carbocycles. The maximum Gasteiger partial charge on any atom is 0.389 e. The predicted molar refractivity (Wildman–Crippen MR) is 60.4 cm³/mol. The summed E-state index contributed by atoms with van der Waals surface area (Å²) in [4.78, 5) is 0. The average molecular weight is 294 g/mol. The maximum absolute atomic E-state index is 13.1. The monoisotopic (exact) mass is 294 g/mol. The Morgan fingerprint density at radius 1 is 1.15 bits per heavy atom. The van der Waals surface area contributed by atoms with E-state index in [4.69, 9.17) is 0 Å². The lowest BCUT2D eigenvalue weighted by Crippen LogP contribution is -2.40. The van der Waals surface area contributed by atoms with Gasteiger partial charge in [0.05, 0.1) is 12.1 Å². The summed E-state index contributed by atoms with van der Waals surface area (Å²) in [6.07, 6.45) is -6.92. The minimum atomic E-state index is -4.49. The van der Waals surface area contributed by atoms with E-state index in [2.05, 4.69) is 0 Å². The van der Waals surface area contributed by atoms with Gasteiger partial charge in [-0.3, -0.25) is 0 Å². The van der Waals surface area contributed by atoms with Crippen molar-refractivity contribution in [1.82, 2.24) is 0 Å². The van der Waals surface area contributed by atoms with E-state index in [9.17, 15) is 32.5 Å². The van der Waals surface area contributed by atoms with Gasteiger partial charge in [-0.15, -0.1) is 0 Å². The zero-order valence-corrected chi connectivity index (χ0v) is 11.0. The number of alkyl halides is 5. The van der Waals surface area contributed by atoms with Gasteiger partial charge < -0.3 is 0 Å². The van der Waals surface area contributed by atoms with Gasteiger partial charge >= 0.3 is 6.18 Å². The first kappa shape index (κ1) is 16.7. The fraction of sp³-hybridized carbons (Fsp3) is 0.846. The molecule has 112 valence electrons. The lowest BCUT2D eigenvalue weighted by molar-refractivity contribution is -0.151. The Morgan fingerprint density at radius 3 is 1.95 bits per heavy atom. The number of halogens is 5. The number of nitriles is 2. The van der Waals surface area contributed by atoms with E-state index < -0.39 is 48.6 Å². The number of rotatable bonds is 3. The first-order valence-electron chi connectivity index (χ1n) is 6.33. The van der Waals surface area contributed by atoms with Crippen molar-refractivity contribution in [2.45, 2.75) is 51.1 Å². The normalized spacial score (nSPS) is 21.8. The molecule has 0 amide bonds. The van der Waals surface area contributed by atoms with Crippen molar-refractivity contribution in [1.29, 1.82) is 10.5 Å². The minimum absolute atomic E-state index is 0.101. The summed E-state index contributed by atoms with van der Waals surface area (Å²) in [5, 5.41) is 18.4. The van der Waals surface area contributed by atoms with Crippen LogP contribution in [0.5, 0.6) is 0 Å². The van der Waals surface area contributed by atoms with Crippen LogP contribution in [0.25, 0.3) is 0 Å². The fourth-order valence-electron chi connectivity index (χ4n) is 2.83. The smallest absolute Gasteiger partial charge is 0.207 e. The predicted octanol–water partition coefficient (Wildman–Crippen LogP) is 4.43. The second-order valence-corrected chi connectivity index (χ2v) is 5.44. The van der Waals surface area contributed by atoms with Crippen LogP contribution in [-0.2, 0) is 0 Å². The largest absolute Gasteiger partial charge is 0.389 e. The molecule has 0 aromatic heterocycles. The van der Waals surface area contributed by atoms with Crippen LogP contribution in [0.3, 0.4) is 0 Å². The van der Waals surface area contributed by atoms with Crippen LogP contribution in [-0.4, -0.2) is 12.1 Å². The van der Waals surface area contributed by atoms with Crippen molar-refractivity contribution < 1.29 is 22.0 Å². The molecular formula is C13H15F5N2. The van der Waals surface area contributed by atoms with Gasteiger partial charge in [-0.1, -0.05) is 6.92 Å². The van der Waals surface area contributed by atoms with Gasteiger partial charge in [-0.25, -0.2) is 8.78 Å². The van der Waals surface area contributed by atoms with Gasteiger partial charge in [0.2, 0.25) is 5.92 Å². The molecule has 20 heavy (non-hydrogen) atoms. The summed E-state index contributed by atoms with van der Waals surface area (Å²) in [7, 11) is 0. The highest BCUT2D eigenvalue weighted by Crippen LogP contribution is 2.49. The van der Waals surface area contributed by atoms with E-state index in [1.807, 2.05) is 0 Å². The van der Waals surface area contributed by atoms with Gasteiger partial charge in [0.25, 0.3) is 0 Å². The molecule has 0 heterocycles. The van der Waals surface area contributed by atoms with Crippen LogP contribution in [0.15, 0.2) is 0 Å². The lowest BCUT2D eigenvalue weighted by Gasteiger charge is -2.38. The molecule has 1 unspecified atom stereocenters. The van der Waals surface area contributed by atoms with Crippen molar-refractivity contribution in [3.63, 3.8) is 0 Å². The first-order valence-corrected chi connectivity index (χ1v) is 6.33. The first-order chi connectivity index (χ1) is 9.06. The molecule has 1 atom stereocenters. The molecule has 1 rings (SSSR count). The zero-order valence-electron chi connectivity index (χ0n) is 11.0. The Bertz CT molecular complexity index is 406. The minimum Gasteiger partial charge on any atom is -0.207 e. The number of nitrogens with zero attached hydrogens (tertiary/aromatic N) is 2. The van der Waals surface area contributed by atoms with Gasteiger partial charge in [0.15, 0.2) is 0 Å². The van der Waals surface area contributed by atoms with E-state index in [1.165, 1.54) is 6.92 Å². The van der Waals surface area contributed by atoms with E-state index in [0.717, 1.165) is 0 Å². The molecule has 0 aromatic rings. The van der Waals surface area contributed by atoms with E-state index in [-0.39, 0.29) is 12.8 Å². The Labute approximate surface area is 114 Å². The molecule has 0 bridgehead atoms. The molecule has 0 radical (unpaired) electrons. The summed E-state index contributed by atoms with van der Waals surface area (Å²) < 4.78 is 63.6. The number of hydrogen-bond donors (Lipinski definition) is 0. The maximum atomic E-state index is 13.1. The van der Waals surface area contributed by atoms with Crippen LogP contribution in [0.2, 0.25) is 0 Å². The molecule has 0 aromatic carbocycles. The molecule has 7 heteroatoms. The van der Waals surface area contributed by atoms with Crippen LogP contribution < -0.4 is 0 Å². The highest BCUT2D eigenvalue weighted by atomic mass is 19.4. The zero-order chi connectivity index (χ0) is 15.6. The van der Waals surface area contributed by atoms with Crippen LogP contribution in [0.4, 0.5) is 22.0 Å². The van der Waals surface area contributed by atoms with Crippen molar-refractivity contribution in [3.05, 3.63) is 0 Å². The average Bonchev–Trinajstić information content (AvgIpc) is 2.30. The number of hydrogen-bond acceptors (Lipinski definition) is 2. The Kier molecular flexibility index (Phi) is 4.63. The molecule has 1 fully saturated rings. The molecule has 2 nitrogen and oxygen atoms in total. The second-order valence-electron chi connectivity index (χ2n) is 5.44. The summed E-state index contributed by atoms with van der Waals surface area (Å²) >= 11 is 0. The quantitative estimate of drug-likeness (QED) is 0.723. The Balaban J connectivity index is 2.94. The summed E-state index contributed by atoms with van der Waals surface area (Å²) in [5.74, 6) is -4.83. The Morgan fingerprint density at radius 2 is 1.60 bits per heavy atom. The third kappa shape index (κ3) is 3.59. The van der Waals surface area contributed by atoms with Crippen LogP contribution in [0, 0.1) is 39.9 Å². The van der Waals surface area contributed by atoms with Crippen molar-refractivity contribution >= 4 is 0 Å². The molecule has 0 spiro atoms. The molecule has 1 aliphatic carbocycles. The third-order valence-corrected chi connectivity index (χ3v) is 4.05. The molecule has 0 N–H and O–H groups in total. The fourth-order valence-corrected chi connectivity index (χ4v) is 2.83. The highest BCUT2D eigenvalue weighted by molar-refractivity contribution is 5.19. The van der Waals surface area contributed by atoms with Crippen molar-refractivity contribution in [2.75, 3.05) is 0 Å². The van der Waals surface area contributed by atoms with Crippen molar-refractivity contribution in [2.24, 2.45) is 17.3 Å². The summed E-state index contributed by atoms with van der Waals surface area (Å²) in [6, 6.07) is 3.36. The standard InChI is InChI=1S/C13H15F5N2/c1-9(6-13(16,17)18)11(7-19,8-20)10-2-4-12(14,15)5-3-10/h9-10H,2-6H2,1H3. The molecule has 0 aliphatic heterocycles. The summed E-state index contributed by atoms with van der Waals surface area (Å²) in [5.41, 5.74) is -1.86. The van der Waals surface area contributed by atoms with Gasteiger partial charge in [-0.2, -0.15) is 23.7 Å². The second kappa shape index (κ2) is 5.55. The third-order valence-electron chi connectivity index (χ3n) is 4.05. The van der Waals surface area contributed by atoms with E-state index in [0.29, 0.717) is 0 Å². The van der Waals surface area contributed by atoms with Crippen LogP contribution >= 0.6 is 0 Å². The van der Waals surface area contributed by atoms with E-state index in [1.54, 1.807) is 12.1 Å². The highest BCUT2D eigenvalue weighted by Gasteiger charge is 2.51. The topological polar surface area (TPSA) is 47.6 Å². The van der Waals surface area contributed by atoms with Crippen molar-refractivity contribution in [3.8, 4) is 12.1 Å².